The molecule has 1 unspecified atom stereocenters. The third-order valence-electron chi connectivity index (χ3n) is 6.36. The SMILES string of the molecule is CC1C(=O)Nc2ncnc(N3CCN(C(=O)[C@](O)(CNC(=O)OC(C)(C)C)c4ccc(Cl)cc4)CC3)c21. The molecule has 2 aliphatic rings. The number of amides is 3. The van der Waals surface area contributed by atoms with Crippen LogP contribution >= 0.6 is 11.6 Å². The van der Waals surface area contributed by atoms with Crippen LogP contribution in [0.3, 0.4) is 0 Å². The Hall–Kier alpha value is -3.44. The molecule has 1 saturated heterocycles. The van der Waals surface area contributed by atoms with Gasteiger partial charge >= 0.3 is 6.09 Å². The van der Waals surface area contributed by atoms with Gasteiger partial charge in [0.15, 0.2) is 5.60 Å². The van der Waals surface area contributed by atoms with E-state index in [0.717, 1.165) is 5.56 Å². The van der Waals surface area contributed by atoms with E-state index in [0.29, 0.717) is 48.4 Å². The number of nitrogens with zero attached hydrogens (tertiary/aromatic N) is 4. The molecule has 4 rings (SSSR count). The zero-order valence-corrected chi connectivity index (χ0v) is 22.0. The predicted molar refractivity (Wildman–Crippen MR) is 137 cm³/mol. The van der Waals surface area contributed by atoms with E-state index in [9.17, 15) is 19.5 Å². The Bertz CT molecular complexity index is 1190. The van der Waals surface area contributed by atoms with Crippen LogP contribution in [0.1, 0.15) is 44.7 Å². The van der Waals surface area contributed by atoms with Crippen molar-refractivity contribution in [3.8, 4) is 0 Å². The standard InChI is InChI=1S/C25H31ClN6O5/c1-15-18-19(30-21(15)33)28-14-29-20(18)31-9-11-32(12-10-31)22(34)25(36,16-5-7-17(26)8-6-16)13-27-23(35)37-24(2,3)4/h5-8,14-15,36H,9-13H2,1-4H3,(H,27,35)(H,28,29,30,33)/t15?,25-/m0/s1. The number of anilines is 2. The Labute approximate surface area is 220 Å². The summed E-state index contributed by atoms with van der Waals surface area (Å²) in [5, 5.41) is 17.4. The fourth-order valence-electron chi connectivity index (χ4n) is 4.42. The predicted octanol–water partition coefficient (Wildman–Crippen LogP) is 2.25. The Morgan fingerprint density at radius 3 is 2.43 bits per heavy atom. The van der Waals surface area contributed by atoms with Gasteiger partial charge in [0, 0.05) is 36.8 Å². The summed E-state index contributed by atoms with van der Waals surface area (Å²) in [5.74, 6) is 0.105. The van der Waals surface area contributed by atoms with Crippen LogP contribution in [0.5, 0.6) is 0 Å². The van der Waals surface area contributed by atoms with Crippen molar-refractivity contribution < 1.29 is 24.2 Å². The minimum absolute atomic E-state index is 0.129. The van der Waals surface area contributed by atoms with Crippen LogP contribution < -0.4 is 15.5 Å². The minimum Gasteiger partial charge on any atom is -0.444 e. The Morgan fingerprint density at radius 2 is 1.81 bits per heavy atom. The lowest BCUT2D eigenvalue weighted by Gasteiger charge is -2.40. The van der Waals surface area contributed by atoms with Crippen molar-refractivity contribution in [1.29, 1.82) is 0 Å². The summed E-state index contributed by atoms with van der Waals surface area (Å²) in [5.41, 5.74) is -1.73. The molecule has 198 valence electrons. The summed E-state index contributed by atoms with van der Waals surface area (Å²) in [6.07, 6.45) is 0.665. The average molecular weight is 531 g/mol. The summed E-state index contributed by atoms with van der Waals surface area (Å²) in [4.78, 5) is 50.2. The van der Waals surface area contributed by atoms with Crippen molar-refractivity contribution >= 4 is 41.1 Å². The number of hydrogen-bond donors (Lipinski definition) is 3. The van der Waals surface area contributed by atoms with Crippen molar-refractivity contribution in [2.45, 2.75) is 44.8 Å². The van der Waals surface area contributed by atoms with Crippen molar-refractivity contribution in [3.63, 3.8) is 0 Å². The summed E-state index contributed by atoms with van der Waals surface area (Å²) < 4.78 is 5.27. The maximum absolute atomic E-state index is 13.7. The van der Waals surface area contributed by atoms with Gasteiger partial charge in [-0.05, 0) is 45.4 Å². The van der Waals surface area contributed by atoms with E-state index >= 15 is 0 Å². The Morgan fingerprint density at radius 1 is 1.16 bits per heavy atom. The van der Waals surface area contributed by atoms with Crippen LogP contribution in [0.25, 0.3) is 0 Å². The van der Waals surface area contributed by atoms with Crippen molar-refractivity contribution in [2.24, 2.45) is 0 Å². The molecule has 12 heteroatoms. The van der Waals surface area contributed by atoms with Gasteiger partial charge < -0.3 is 30.3 Å². The van der Waals surface area contributed by atoms with Crippen LogP contribution in [0, 0.1) is 0 Å². The van der Waals surface area contributed by atoms with Gasteiger partial charge in [-0.3, -0.25) is 9.59 Å². The Balaban J connectivity index is 1.50. The molecule has 0 aliphatic carbocycles. The van der Waals surface area contributed by atoms with Gasteiger partial charge in [-0.2, -0.15) is 0 Å². The molecule has 0 saturated carbocycles. The van der Waals surface area contributed by atoms with Crippen molar-refractivity contribution in [2.75, 3.05) is 42.9 Å². The van der Waals surface area contributed by atoms with Crippen LogP contribution in [0.4, 0.5) is 16.4 Å². The highest BCUT2D eigenvalue weighted by atomic mass is 35.5. The molecule has 3 N–H and O–H groups in total. The molecular weight excluding hydrogens is 500 g/mol. The lowest BCUT2D eigenvalue weighted by Crippen LogP contribution is -2.58. The first-order valence-corrected chi connectivity index (χ1v) is 12.4. The highest BCUT2D eigenvalue weighted by Crippen LogP contribution is 2.37. The molecule has 37 heavy (non-hydrogen) atoms. The fraction of sp³-hybridized carbons (Fsp3) is 0.480. The summed E-state index contributed by atoms with van der Waals surface area (Å²) in [6.45, 7) is 8.07. The van der Waals surface area contributed by atoms with E-state index in [1.807, 2.05) is 4.90 Å². The third kappa shape index (κ3) is 5.62. The first-order valence-electron chi connectivity index (χ1n) is 12.0. The van der Waals surface area contributed by atoms with Gasteiger partial charge in [-0.25, -0.2) is 14.8 Å². The number of carbonyl (C=O) groups is 3. The van der Waals surface area contributed by atoms with Crippen LogP contribution in [0.2, 0.25) is 5.02 Å². The molecule has 3 amide bonds. The molecule has 2 aromatic rings. The fourth-order valence-corrected chi connectivity index (χ4v) is 4.54. The summed E-state index contributed by atoms with van der Waals surface area (Å²) >= 11 is 6.02. The largest absolute Gasteiger partial charge is 0.444 e. The number of carbonyl (C=O) groups excluding carboxylic acids is 3. The second-order valence-corrected chi connectivity index (χ2v) is 10.6. The number of ether oxygens (including phenoxy) is 1. The molecule has 1 aromatic carbocycles. The van der Waals surface area contributed by atoms with E-state index in [2.05, 4.69) is 20.6 Å². The maximum atomic E-state index is 13.7. The number of piperazine rings is 1. The van der Waals surface area contributed by atoms with Gasteiger partial charge in [-0.15, -0.1) is 0 Å². The summed E-state index contributed by atoms with van der Waals surface area (Å²) in [6, 6.07) is 6.27. The summed E-state index contributed by atoms with van der Waals surface area (Å²) in [7, 11) is 0. The molecule has 2 atom stereocenters. The van der Waals surface area contributed by atoms with E-state index < -0.39 is 23.2 Å². The molecule has 0 spiro atoms. The topological polar surface area (TPSA) is 137 Å². The maximum Gasteiger partial charge on any atom is 0.407 e. The van der Waals surface area contributed by atoms with Gasteiger partial charge in [0.05, 0.1) is 12.5 Å². The highest BCUT2D eigenvalue weighted by Gasteiger charge is 2.43. The van der Waals surface area contributed by atoms with Gasteiger partial charge in [0.25, 0.3) is 5.91 Å². The van der Waals surface area contributed by atoms with Gasteiger partial charge in [0.2, 0.25) is 5.91 Å². The van der Waals surface area contributed by atoms with E-state index in [1.165, 1.54) is 6.33 Å². The van der Waals surface area contributed by atoms with Gasteiger partial charge in [-0.1, -0.05) is 23.7 Å². The Kier molecular flexibility index (Phi) is 7.29. The average Bonchev–Trinajstić information content (AvgIpc) is 3.15. The molecule has 0 radical (unpaired) electrons. The first kappa shape index (κ1) is 26.6. The van der Waals surface area contributed by atoms with Gasteiger partial charge in [0.1, 0.15) is 23.6 Å². The first-order chi connectivity index (χ1) is 17.4. The quantitative estimate of drug-likeness (QED) is 0.535. The third-order valence-corrected chi connectivity index (χ3v) is 6.61. The van der Waals surface area contributed by atoms with Crippen LogP contribution in [-0.2, 0) is 19.9 Å². The second kappa shape index (κ2) is 10.1. The lowest BCUT2D eigenvalue weighted by atomic mass is 9.91. The second-order valence-electron chi connectivity index (χ2n) is 10.2. The number of alkyl carbamates (subject to hydrolysis) is 1. The number of hydrogen-bond acceptors (Lipinski definition) is 8. The van der Waals surface area contributed by atoms with Crippen LogP contribution in [-0.4, -0.2) is 76.2 Å². The van der Waals surface area contributed by atoms with E-state index in [1.54, 1.807) is 56.9 Å². The van der Waals surface area contributed by atoms with Crippen molar-refractivity contribution in [3.05, 3.63) is 46.7 Å². The number of fused-ring (bicyclic) bond motifs is 1. The zero-order valence-electron chi connectivity index (χ0n) is 21.2. The number of halogens is 1. The number of aromatic nitrogens is 2. The number of aliphatic hydroxyl groups is 1. The number of rotatable bonds is 5. The minimum atomic E-state index is -2.04. The molecule has 11 nitrogen and oxygen atoms in total. The highest BCUT2D eigenvalue weighted by molar-refractivity contribution is 6.30. The molecule has 2 aliphatic heterocycles. The molecule has 3 heterocycles. The van der Waals surface area contributed by atoms with E-state index in [4.69, 9.17) is 16.3 Å². The molecule has 1 aromatic heterocycles. The smallest absolute Gasteiger partial charge is 0.407 e. The van der Waals surface area contributed by atoms with Crippen LogP contribution in [0.15, 0.2) is 30.6 Å². The zero-order chi connectivity index (χ0) is 27.0. The number of nitrogens with one attached hydrogen (secondary N) is 2. The van der Waals surface area contributed by atoms with Crippen molar-refractivity contribution in [1.82, 2.24) is 20.2 Å². The lowest BCUT2D eigenvalue weighted by molar-refractivity contribution is -0.152. The monoisotopic (exact) mass is 530 g/mol. The van der Waals surface area contributed by atoms with E-state index in [-0.39, 0.29) is 18.4 Å². The number of benzene rings is 1. The molecule has 0 bridgehead atoms. The molecule has 1 fully saturated rings. The molecular formula is C25H31ClN6O5. The normalized spacial score (nSPS) is 19.1.